The van der Waals surface area contributed by atoms with Crippen LogP contribution in [0.5, 0.6) is 0 Å². The van der Waals surface area contributed by atoms with Crippen LogP contribution >= 0.6 is 24.0 Å². The standard InChI is InChI=1S/C19H21FN6.HI/c1-14-10-15(8-9-17(14)20)11-22-19(21-2)23-12-18-25-24-13-26(18)16-6-4-3-5-7-16;/h3-10,13H,11-12H2,1-2H3,(H2,21,22,23);1H. The lowest BCUT2D eigenvalue weighted by Gasteiger charge is -2.13. The monoisotopic (exact) mass is 480 g/mol. The molecule has 0 aliphatic carbocycles. The fraction of sp³-hybridized carbons (Fsp3) is 0.211. The number of para-hydroxylation sites is 1. The predicted octanol–water partition coefficient (Wildman–Crippen LogP) is 3.20. The third-order valence-corrected chi connectivity index (χ3v) is 3.97. The molecular formula is C19H22FIN6. The highest BCUT2D eigenvalue weighted by Crippen LogP contribution is 2.10. The van der Waals surface area contributed by atoms with Crippen molar-refractivity contribution in [2.45, 2.75) is 20.0 Å². The van der Waals surface area contributed by atoms with Crippen molar-refractivity contribution in [3.05, 3.63) is 77.6 Å². The quantitative estimate of drug-likeness (QED) is 0.335. The Hall–Kier alpha value is -2.49. The molecule has 2 aromatic carbocycles. The Morgan fingerprint density at radius 3 is 2.56 bits per heavy atom. The normalized spacial score (nSPS) is 11.0. The van der Waals surface area contributed by atoms with Crippen molar-refractivity contribution in [1.82, 2.24) is 25.4 Å². The molecule has 0 bridgehead atoms. The van der Waals surface area contributed by atoms with Crippen molar-refractivity contribution in [2.24, 2.45) is 4.99 Å². The van der Waals surface area contributed by atoms with Crippen LogP contribution < -0.4 is 10.6 Å². The van der Waals surface area contributed by atoms with E-state index in [0.717, 1.165) is 17.1 Å². The minimum Gasteiger partial charge on any atom is -0.352 e. The van der Waals surface area contributed by atoms with Crippen LogP contribution in [0.4, 0.5) is 4.39 Å². The van der Waals surface area contributed by atoms with Gasteiger partial charge >= 0.3 is 0 Å². The summed E-state index contributed by atoms with van der Waals surface area (Å²) in [5, 5.41) is 14.6. The number of halogens is 2. The summed E-state index contributed by atoms with van der Waals surface area (Å²) >= 11 is 0. The lowest BCUT2D eigenvalue weighted by molar-refractivity contribution is 0.617. The SMILES string of the molecule is CN=C(NCc1ccc(F)c(C)c1)NCc1nncn1-c1ccccc1.I. The van der Waals surface area contributed by atoms with E-state index in [4.69, 9.17) is 0 Å². The van der Waals surface area contributed by atoms with Gasteiger partial charge in [-0.3, -0.25) is 9.56 Å². The number of rotatable bonds is 5. The second-order valence-corrected chi connectivity index (χ2v) is 5.82. The minimum absolute atomic E-state index is 0. The average Bonchev–Trinajstić information content (AvgIpc) is 3.14. The van der Waals surface area contributed by atoms with Gasteiger partial charge in [0.2, 0.25) is 0 Å². The van der Waals surface area contributed by atoms with E-state index in [1.165, 1.54) is 6.07 Å². The molecule has 0 saturated carbocycles. The lowest BCUT2D eigenvalue weighted by Crippen LogP contribution is -2.37. The summed E-state index contributed by atoms with van der Waals surface area (Å²) in [7, 11) is 1.70. The zero-order valence-electron chi connectivity index (χ0n) is 15.2. The van der Waals surface area contributed by atoms with Crippen LogP contribution in [0.15, 0.2) is 59.9 Å². The fourth-order valence-corrected chi connectivity index (χ4v) is 2.57. The fourth-order valence-electron chi connectivity index (χ4n) is 2.57. The summed E-state index contributed by atoms with van der Waals surface area (Å²) in [4.78, 5) is 4.21. The van der Waals surface area contributed by atoms with Crippen LogP contribution in [0.1, 0.15) is 17.0 Å². The maximum absolute atomic E-state index is 13.3. The van der Waals surface area contributed by atoms with Crippen LogP contribution in [-0.4, -0.2) is 27.8 Å². The molecule has 0 spiro atoms. The van der Waals surface area contributed by atoms with Crippen LogP contribution in [0.3, 0.4) is 0 Å². The maximum Gasteiger partial charge on any atom is 0.191 e. The number of nitrogens with one attached hydrogen (secondary N) is 2. The summed E-state index contributed by atoms with van der Waals surface area (Å²) in [5.41, 5.74) is 2.61. The Morgan fingerprint density at radius 2 is 1.85 bits per heavy atom. The molecule has 27 heavy (non-hydrogen) atoms. The molecule has 0 aliphatic heterocycles. The molecule has 0 amide bonds. The highest BCUT2D eigenvalue weighted by Gasteiger charge is 2.07. The van der Waals surface area contributed by atoms with Gasteiger partial charge in [-0.2, -0.15) is 0 Å². The van der Waals surface area contributed by atoms with Gasteiger partial charge in [0.1, 0.15) is 12.1 Å². The Bertz CT molecular complexity index is 894. The molecule has 0 fully saturated rings. The Kier molecular flexibility index (Phi) is 7.71. The van der Waals surface area contributed by atoms with Crippen LogP contribution in [0.2, 0.25) is 0 Å². The first-order valence-electron chi connectivity index (χ1n) is 8.31. The third-order valence-electron chi connectivity index (χ3n) is 3.97. The van der Waals surface area contributed by atoms with Crippen LogP contribution in [-0.2, 0) is 13.1 Å². The molecule has 3 rings (SSSR count). The molecule has 1 aromatic heterocycles. The van der Waals surface area contributed by atoms with Gasteiger partial charge in [-0.05, 0) is 36.2 Å². The summed E-state index contributed by atoms with van der Waals surface area (Å²) in [5.74, 6) is 1.21. The highest BCUT2D eigenvalue weighted by atomic mass is 127. The Balaban J connectivity index is 0.00000261. The van der Waals surface area contributed by atoms with Gasteiger partial charge in [0, 0.05) is 19.3 Å². The molecule has 6 nitrogen and oxygen atoms in total. The van der Waals surface area contributed by atoms with E-state index < -0.39 is 0 Å². The van der Waals surface area contributed by atoms with Crippen molar-refractivity contribution in [1.29, 1.82) is 0 Å². The summed E-state index contributed by atoms with van der Waals surface area (Å²) in [6, 6.07) is 15.0. The zero-order chi connectivity index (χ0) is 18.4. The Morgan fingerprint density at radius 1 is 1.11 bits per heavy atom. The number of hydrogen-bond donors (Lipinski definition) is 2. The first-order valence-corrected chi connectivity index (χ1v) is 8.31. The zero-order valence-corrected chi connectivity index (χ0v) is 17.5. The second-order valence-electron chi connectivity index (χ2n) is 5.82. The van der Waals surface area contributed by atoms with Gasteiger partial charge in [0.15, 0.2) is 11.8 Å². The minimum atomic E-state index is -0.198. The molecule has 142 valence electrons. The van der Waals surface area contributed by atoms with Gasteiger partial charge in [0.05, 0.1) is 6.54 Å². The van der Waals surface area contributed by atoms with Crippen LogP contribution in [0.25, 0.3) is 5.69 Å². The molecule has 3 aromatic rings. The molecule has 2 N–H and O–H groups in total. The first-order chi connectivity index (χ1) is 12.7. The van der Waals surface area contributed by atoms with E-state index in [1.54, 1.807) is 26.4 Å². The third kappa shape index (κ3) is 5.49. The number of aromatic nitrogens is 3. The molecule has 0 radical (unpaired) electrons. The second kappa shape index (κ2) is 10.0. The van der Waals surface area contributed by atoms with Crippen molar-refractivity contribution < 1.29 is 4.39 Å². The molecule has 8 heteroatoms. The highest BCUT2D eigenvalue weighted by molar-refractivity contribution is 14.0. The molecule has 0 saturated heterocycles. The molecule has 0 aliphatic rings. The number of aliphatic imine (C=N–C) groups is 1. The van der Waals surface area contributed by atoms with E-state index in [1.807, 2.05) is 41.0 Å². The largest absolute Gasteiger partial charge is 0.352 e. The number of guanidine groups is 1. The molecule has 0 unspecified atom stereocenters. The van der Waals surface area contributed by atoms with Gasteiger partial charge < -0.3 is 10.6 Å². The summed E-state index contributed by atoms with van der Waals surface area (Å²) < 4.78 is 15.3. The van der Waals surface area contributed by atoms with E-state index in [9.17, 15) is 4.39 Å². The van der Waals surface area contributed by atoms with Crippen LogP contribution in [0, 0.1) is 12.7 Å². The number of hydrogen-bond acceptors (Lipinski definition) is 3. The molecule has 1 heterocycles. The maximum atomic E-state index is 13.3. The smallest absolute Gasteiger partial charge is 0.191 e. The number of nitrogens with zero attached hydrogens (tertiary/aromatic N) is 4. The number of aryl methyl sites for hydroxylation is 1. The Labute approximate surface area is 175 Å². The topological polar surface area (TPSA) is 67.1 Å². The average molecular weight is 480 g/mol. The van der Waals surface area contributed by atoms with E-state index >= 15 is 0 Å². The van der Waals surface area contributed by atoms with Crippen molar-refractivity contribution >= 4 is 29.9 Å². The number of benzene rings is 2. The summed E-state index contributed by atoms with van der Waals surface area (Å²) in [6.07, 6.45) is 1.68. The lowest BCUT2D eigenvalue weighted by atomic mass is 10.1. The predicted molar refractivity (Wildman–Crippen MR) is 115 cm³/mol. The molecular weight excluding hydrogens is 458 g/mol. The van der Waals surface area contributed by atoms with E-state index in [2.05, 4.69) is 25.8 Å². The van der Waals surface area contributed by atoms with E-state index in [-0.39, 0.29) is 29.8 Å². The van der Waals surface area contributed by atoms with Crippen molar-refractivity contribution in [3.63, 3.8) is 0 Å². The van der Waals surface area contributed by atoms with Gasteiger partial charge in [-0.1, -0.05) is 30.3 Å². The molecule has 0 atom stereocenters. The van der Waals surface area contributed by atoms with Gasteiger partial charge in [-0.25, -0.2) is 4.39 Å². The van der Waals surface area contributed by atoms with Gasteiger partial charge in [-0.15, -0.1) is 34.2 Å². The van der Waals surface area contributed by atoms with Crippen molar-refractivity contribution in [2.75, 3.05) is 7.05 Å². The van der Waals surface area contributed by atoms with Crippen molar-refractivity contribution in [3.8, 4) is 5.69 Å². The first kappa shape index (κ1) is 20.8. The van der Waals surface area contributed by atoms with E-state index in [0.29, 0.717) is 24.6 Å². The summed E-state index contributed by atoms with van der Waals surface area (Å²) in [6.45, 7) is 2.77. The van der Waals surface area contributed by atoms with Gasteiger partial charge in [0.25, 0.3) is 0 Å².